The molecule has 1 saturated carbocycles. The molecule has 0 radical (unpaired) electrons. The highest BCUT2D eigenvalue weighted by atomic mass is 32.2. The summed E-state index contributed by atoms with van der Waals surface area (Å²) in [6, 6.07) is 0. The Labute approximate surface area is 114 Å². The van der Waals surface area contributed by atoms with E-state index in [9.17, 15) is 8.42 Å². The molecular weight excluding hydrogens is 264 g/mol. The van der Waals surface area contributed by atoms with Gasteiger partial charge in [0.2, 0.25) is 10.0 Å². The molecule has 1 aliphatic carbocycles. The number of furan rings is 1. The van der Waals surface area contributed by atoms with E-state index in [1.165, 1.54) is 0 Å². The zero-order chi connectivity index (χ0) is 14.3. The number of aryl methyl sites for hydroxylation is 2. The molecule has 1 aromatic rings. The number of rotatable bonds is 5. The third-order valence-corrected chi connectivity index (χ3v) is 5.62. The molecule has 19 heavy (non-hydrogen) atoms. The zero-order valence-corrected chi connectivity index (χ0v) is 12.8. The lowest BCUT2D eigenvalue weighted by Crippen LogP contribution is -2.50. The Hall–Kier alpha value is -0.850. The summed E-state index contributed by atoms with van der Waals surface area (Å²) in [6.07, 6.45) is 2.86. The van der Waals surface area contributed by atoms with Gasteiger partial charge in [-0.2, -0.15) is 0 Å². The van der Waals surface area contributed by atoms with E-state index in [1.54, 1.807) is 20.9 Å². The second-order valence-electron chi connectivity index (χ2n) is 5.57. The van der Waals surface area contributed by atoms with Gasteiger partial charge in [0.1, 0.15) is 16.4 Å². The molecule has 0 atom stereocenters. The first kappa shape index (κ1) is 14.6. The fourth-order valence-electron chi connectivity index (χ4n) is 2.63. The highest BCUT2D eigenvalue weighted by molar-refractivity contribution is 7.89. The smallest absolute Gasteiger partial charge is 0.244 e. The van der Waals surface area contributed by atoms with E-state index in [1.807, 2.05) is 6.92 Å². The first-order valence-corrected chi connectivity index (χ1v) is 8.05. The number of hydrogen-bond acceptors (Lipinski definition) is 4. The largest absolute Gasteiger partial charge is 0.465 e. The average molecular weight is 286 g/mol. The lowest BCUT2D eigenvalue weighted by atomic mass is 9.80. The van der Waals surface area contributed by atoms with Gasteiger partial charge in [-0.25, -0.2) is 13.1 Å². The van der Waals surface area contributed by atoms with Gasteiger partial charge < -0.3 is 9.73 Å². The van der Waals surface area contributed by atoms with Crippen molar-refractivity contribution in [3.05, 3.63) is 17.1 Å². The van der Waals surface area contributed by atoms with Crippen molar-refractivity contribution in [1.82, 2.24) is 10.0 Å². The summed E-state index contributed by atoms with van der Waals surface area (Å²) >= 11 is 0. The SMILES string of the molecule is CNCc1c(C)oc(C)c1S(=O)(=O)NC1(C)CCC1. The number of hydrogen-bond donors (Lipinski definition) is 2. The molecule has 5 nitrogen and oxygen atoms in total. The average Bonchev–Trinajstić information content (AvgIpc) is 2.52. The van der Waals surface area contributed by atoms with Gasteiger partial charge in [0.05, 0.1) is 0 Å². The van der Waals surface area contributed by atoms with E-state index in [2.05, 4.69) is 10.0 Å². The van der Waals surface area contributed by atoms with Gasteiger partial charge in [-0.05, 0) is 47.1 Å². The first-order chi connectivity index (χ1) is 8.79. The molecule has 0 saturated heterocycles. The van der Waals surface area contributed by atoms with Crippen LogP contribution >= 0.6 is 0 Å². The van der Waals surface area contributed by atoms with Crippen LogP contribution in [0.4, 0.5) is 0 Å². The third kappa shape index (κ3) is 2.70. The van der Waals surface area contributed by atoms with Gasteiger partial charge in [-0.1, -0.05) is 0 Å². The monoisotopic (exact) mass is 286 g/mol. The van der Waals surface area contributed by atoms with E-state index in [0.717, 1.165) is 24.8 Å². The Morgan fingerprint density at radius 1 is 1.26 bits per heavy atom. The molecule has 0 aliphatic heterocycles. The van der Waals surface area contributed by atoms with E-state index >= 15 is 0 Å². The minimum absolute atomic E-state index is 0.298. The van der Waals surface area contributed by atoms with Crippen molar-refractivity contribution in [3.8, 4) is 0 Å². The summed E-state index contributed by atoms with van der Waals surface area (Å²) in [5, 5.41) is 2.99. The molecule has 0 aromatic carbocycles. The van der Waals surface area contributed by atoms with Crippen LogP contribution in [-0.2, 0) is 16.6 Å². The van der Waals surface area contributed by atoms with Crippen LogP contribution in [0, 0.1) is 13.8 Å². The van der Waals surface area contributed by atoms with Crippen molar-refractivity contribution < 1.29 is 12.8 Å². The van der Waals surface area contributed by atoms with Crippen LogP contribution in [0.3, 0.4) is 0 Å². The maximum absolute atomic E-state index is 12.6. The van der Waals surface area contributed by atoms with Gasteiger partial charge >= 0.3 is 0 Å². The van der Waals surface area contributed by atoms with Crippen molar-refractivity contribution in [3.63, 3.8) is 0 Å². The number of nitrogens with one attached hydrogen (secondary N) is 2. The summed E-state index contributed by atoms with van der Waals surface area (Å²) < 4.78 is 33.5. The second kappa shape index (κ2) is 4.92. The predicted octanol–water partition coefficient (Wildman–Crippen LogP) is 1.84. The van der Waals surface area contributed by atoms with Gasteiger partial charge in [0.15, 0.2) is 0 Å². The predicted molar refractivity (Wildman–Crippen MR) is 73.5 cm³/mol. The first-order valence-electron chi connectivity index (χ1n) is 6.56. The van der Waals surface area contributed by atoms with Crippen LogP contribution in [0.2, 0.25) is 0 Å². The van der Waals surface area contributed by atoms with Crippen molar-refractivity contribution in [2.45, 2.75) is 57.0 Å². The van der Waals surface area contributed by atoms with Crippen LogP contribution < -0.4 is 10.0 Å². The van der Waals surface area contributed by atoms with Gasteiger partial charge in [-0.3, -0.25) is 0 Å². The minimum Gasteiger partial charge on any atom is -0.465 e. The van der Waals surface area contributed by atoms with Gasteiger partial charge in [-0.15, -0.1) is 0 Å². The molecule has 0 bridgehead atoms. The molecule has 0 amide bonds. The van der Waals surface area contributed by atoms with Crippen molar-refractivity contribution >= 4 is 10.0 Å². The Bertz CT molecular complexity index is 571. The number of sulfonamides is 1. The Balaban J connectivity index is 2.39. The topological polar surface area (TPSA) is 71.3 Å². The molecule has 1 aliphatic rings. The van der Waals surface area contributed by atoms with Crippen LogP contribution in [0.5, 0.6) is 0 Å². The molecule has 108 valence electrons. The molecule has 1 aromatic heterocycles. The molecule has 6 heteroatoms. The third-order valence-electron chi connectivity index (χ3n) is 3.79. The molecule has 2 N–H and O–H groups in total. The summed E-state index contributed by atoms with van der Waals surface area (Å²) in [5.74, 6) is 1.11. The lowest BCUT2D eigenvalue weighted by Gasteiger charge is -2.38. The van der Waals surface area contributed by atoms with E-state index in [0.29, 0.717) is 23.0 Å². The van der Waals surface area contributed by atoms with Crippen molar-refractivity contribution in [1.29, 1.82) is 0 Å². The molecule has 1 heterocycles. The molecule has 2 rings (SSSR count). The van der Waals surface area contributed by atoms with E-state index in [-0.39, 0.29) is 5.54 Å². The Morgan fingerprint density at radius 3 is 2.37 bits per heavy atom. The Kier molecular flexibility index (Phi) is 3.77. The summed E-state index contributed by atoms with van der Waals surface area (Å²) in [6.45, 7) is 5.93. The van der Waals surface area contributed by atoms with E-state index in [4.69, 9.17) is 4.42 Å². The summed E-state index contributed by atoms with van der Waals surface area (Å²) in [7, 11) is -1.73. The fraction of sp³-hybridized carbons (Fsp3) is 0.692. The summed E-state index contributed by atoms with van der Waals surface area (Å²) in [5.41, 5.74) is 0.420. The van der Waals surface area contributed by atoms with Gasteiger partial charge in [0.25, 0.3) is 0 Å². The standard InChI is InChI=1S/C13H22N2O3S/c1-9-11(8-14-4)12(10(2)18-9)19(16,17)15-13(3)6-5-7-13/h14-15H,5-8H2,1-4H3. The maximum atomic E-state index is 12.6. The molecule has 1 fully saturated rings. The lowest BCUT2D eigenvalue weighted by molar-refractivity contribution is 0.248. The van der Waals surface area contributed by atoms with E-state index < -0.39 is 10.0 Å². The van der Waals surface area contributed by atoms with Crippen molar-refractivity contribution in [2.75, 3.05) is 7.05 Å². The normalized spacial score (nSPS) is 18.3. The zero-order valence-electron chi connectivity index (χ0n) is 12.0. The molecule has 0 unspecified atom stereocenters. The maximum Gasteiger partial charge on any atom is 0.244 e. The molecular formula is C13H22N2O3S. The van der Waals surface area contributed by atoms with Crippen LogP contribution in [0.15, 0.2) is 9.31 Å². The van der Waals surface area contributed by atoms with Crippen molar-refractivity contribution in [2.24, 2.45) is 0 Å². The van der Waals surface area contributed by atoms with Crippen LogP contribution in [0.1, 0.15) is 43.3 Å². The van der Waals surface area contributed by atoms with Crippen LogP contribution in [-0.4, -0.2) is 21.0 Å². The second-order valence-corrected chi connectivity index (χ2v) is 7.19. The summed E-state index contributed by atoms with van der Waals surface area (Å²) in [4.78, 5) is 0.299. The van der Waals surface area contributed by atoms with Crippen LogP contribution in [0.25, 0.3) is 0 Å². The highest BCUT2D eigenvalue weighted by Crippen LogP contribution is 2.34. The fourth-order valence-corrected chi connectivity index (χ4v) is 4.54. The highest BCUT2D eigenvalue weighted by Gasteiger charge is 2.38. The molecule has 0 spiro atoms. The Morgan fingerprint density at radius 2 is 1.89 bits per heavy atom. The minimum atomic E-state index is -3.53. The van der Waals surface area contributed by atoms with Gasteiger partial charge in [0, 0.05) is 17.6 Å². The quantitative estimate of drug-likeness (QED) is 0.866.